The summed E-state index contributed by atoms with van der Waals surface area (Å²) in [6, 6.07) is 0. The van der Waals surface area contributed by atoms with Crippen molar-refractivity contribution >= 4 is 23.5 Å². The molecular formula is C12H14ClN3O3. The minimum absolute atomic E-state index is 0.0198. The molecule has 0 aromatic carbocycles. The van der Waals surface area contributed by atoms with Gasteiger partial charge in [-0.05, 0) is 18.8 Å². The molecule has 0 aliphatic heterocycles. The third-order valence-corrected chi connectivity index (χ3v) is 3.52. The van der Waals surface area contributed by atoms with E-state index in [1.54, 1.807) is 0 Å². The van der Waals surface area contributed by atoms with E-state index in [2.05, 4.69) is 15.3 Å². The fourth-order valence-corrected chi connectivity index (χ4v) is 2.52. The number of halogens is 1. The summed E-state index contributed by atoms with van der Waals surface area (Å²) in [5.74, 6) is -1.57. The number of carboxylic acid groups (broad SMARTS) is 1. The predicted molar refractivity (Wildman–Crippen MR) is 67.8 cm³/mol. The van der Waals surface area contributed by atoms with Gasteiger partial charge in [0.1, 0.15) is 10.8 Å². The van der Waals surface area contributed by atoms with Crippen LogP contribution in [0.3, 0.4) is 0 Å². The van der Waals surface area contributed by atoms with Gasteiger partial charge in [0.25, 0.3) is 5.91 Å². The van der Waals surface area contributed by atoms with E-state index in [0.717, 1.165) is 12.8 Å². The molecule has 1 aliphatic carbocycles. The lowest BCUT2D eigenvalue weighted by Crippen LogP contribution is -2.33. The van der Waals surface area contributed by atoms with Gasteiger partial charge in [0.05, 0.1) is 18.3 Å². The number of nitrogens with one attached hydrogen (secondary N) is 1. The quantitative estimate of drug-likeness (QED) is 0.870. The second kappa shape index (κ2) is 5.97. The number of carbonyl (C=O) groups excluding carboxylic acids is 1. The van der Waals surface area contributed by atoms with Crippen molar-refractivity contribution in [2.45, 2.75) is 19.3 Å². The molecule has 2 rings (SSSR count). The molecular weight excluding hydrogens is 270 g/mol. The molecule has 1 aliphatic rings. The van der Waals surface area contributed by atoms with E-state index in [1.807, 2.05) is 0 Å². The molecule has 2 unspecified atom stereocenters. The molecule has 0 bridgehead atoms. The molecule has 0 radical (unpaired) electrons. The predicted octanol–water partition coefficient (Wildman–Crippen LogP) is 1.36. The van der Waals surface area contributed by atoms with Crippen molar-refractivity contribution < 1.29 is 14.7 Å². The van der Waals surface area contributed by atoms with Gasteiger partial charge in [-0.25, -0.2) is 4.98 Å². The normalized spacial score (nSPS) is 22.2. The second-order valence-electron chi connectivity index (χ2n) is 4.57. The SMILES string of the molecule is O=C(NCC1CCCC1C(=O)O)c1cncc(Cl)n1. The van der Waals surface area contributed by atoms with Gasteiger partial charge in [-0.15, -0.1) is 0 Å². The Morgan fingerprint density at radius 1 is 1.42 bits per heavy atom. The van der Waals surface area contributed by atoms with E-state index in [9.17, 15) is 9.59 Å². The Kier molecular flexibility index (Phi) is 4.31. The number of hydrogen-bond acceptors (Lipinski definition) is 4. The number of aliphatic carboxylic acids is 1. The number of hydrogen-bond donors (Lipinski definition) is 2. The van der Waals surface area contributed by atoms with Crippen LogP contribution < -0.4 is 5.32 Å². The van der Waals surface area contributed by atoms with E-state index >= 15 is 0 Å². The van der Waals surface area contributed by atoms with Crippen LogP contribution in [-0.2, 0) is 4.79 Å². The van der Waals surface area contributed by atoms with Gasteiger partial charge >= 0.3 is 5.97 Å². The Bertz CT molecular complexity index is 495. The van der Waals surface area contributed by atoms with Crippen molar-refractivity contribution in [1.29, 1.82) is 0 Å². The number of amides is 1. The Labute approximate surface area is 115 Å². The van der Waals surface area contributed by atoms with Gasteiger partial charge in [-0.1, -0.05) is 18.0 Å². The number of carboxylic acids is 1. The molecule has 1 fully saturated rings. The minimum atomic E-state index is -0.792. The first kappa shape index (κ1) is 13.7. The lowest BCUT2D eigenvalue weighted by Gasteiger charge is -2.16. The molecule has 1 aromatic rings. The van der Waals surface area contributed by atoms with E-state index in [0.29, 0.717) is 13.0 Å². The molecule has 1 saturated carbocycles. The van der Waals surface area contributed by atoms with Gasteiger partial charge in [0.15, 0.2) is 0 Å². The molecule has 2 atom stereocenters. The smallest absolute Gasteiger partial charge is 0.306 e. The largest absolute Gasteiger partial charge is 0.481 e. The number of rotatable bonds is 4. The van der Waals surface area contributed by atoms with Crippen LogP contribution >= 0.6 is 11.6 Å². The molecule has 19 heavy (non-hydrogen) atoms. The van der Waals surface area contributed by atoms with Crippen LogP contribution in [0.1, 0.15) is 29.8 Å². The first-order valence-corrected chi connectivity index (χ1v) is 6.44. The van der Waals surface area contributed by atoms with Crippen LogP contribution in [-0.4, -0.2) is 33.5 Å². The molecule has 1 amide bonds. The van der Waals surface area contributed by atoms with Crippen molar-refractivity contribution in [3.63, 3.8) is 0 Å². The monoisotopic (exact) mass is 283 g/mol. The molecule has 2 N–H and O–H groups in total. The van der Waals surface area contributed by atoms with Crippen LogP contribution in [0.25, 0.3) is 0 Å². The zero-order valence-electron chi connectivity index (χ0n) is 10.2. The molecule has 0 saturated heterocycles. The standard InChI is InChI=1S/C12H14ClN3O3/c13-10-6-14-5-9(16-10)11(17)15-4-7-2-1-3-8(7)12(18)19/h5-8H,1-4H2,(H,15,17)(H,18,19). The third kappa shape index (κ3) is 3.41. The first-order chi connectivity index (χ1) is 9.08. The average molecular weight is 284 g/mol. The maximum absolute atomic E-state index is 11.8. The minimum Gasteiger partial charge on any atom is -0.481 e. The summed E-state index contributed by atoms with van der Waals surface area (Å²) in [6.45, 7) is 0.337. The second-order valence-corrected chi connectivity index (χ2v) is 4.96. The van der Waals surface area contributed by atoms with E-state index in [1.165, 1.54) is 12.4 Å². The highest BCUT2D eigenvalue weighted by molar-refractivity contribution is 6.29. The fourth-order valence-electron chi connectivity index (χ4n) is 2.37. The van der Waals surface area contributed by atoms with Crippen molar-refractivity contribution in [2.24, 2.45) is 11.8 Å². The molecule has 1 heterocycles. The Balaban J connectivity index is 1.92. The van der Waals surface area contributed by atoms with Crippen LogP contribution in [0.4, 0.5) is 0 Å². The maximum atomic E-state index is 11.8. The van der Waals surface area contributed by atoms with Crippen molar-refractivity contribution in [3.05, 3.63) is 23.2 Å². The number of nitrogens with zero attached hydrogens (tertiary/aromatic N) is 2. The van der Waals surface area contributed by atoms with Crippen LogP contribution in [0.2, 0.25) is 5.15 Å². The molecule has 1 aromatic heterocycles. The summed E-state index contributed by atoms with van der Waals surface area (Å²) < 4.78 is 0. The van der Waals surface area contributed by atoms with Gasteiger partial charge in [0, 0.05) is 6.54 Å². The topological polar surface area (TPSA) is 92.2 Å². The zero-order chi connectivity index (χ0) is 13.8. The summed E-state index contributed by atoms with van der Waals surface area (Å²) in [4.78, 5) is 30.5. The van der Waals surface area contributed by atoms with Gasteiger partial charge in [-0.3, -0.25) is 14.6 Å². The third-order valence-electron chi connectivity index (χ3n) is 3.34. The lowest BCUT2D eigenvalue weighted by molar-refractivity contribution is -0.142. The van der Waals surface area contributed by atoms with Gasteiger partial charge in [-0.2, -0.15) is 0 Å². The lowest BCUT2D eigenvalue weighted by atomic mass is 9.96. The molecule has 0 spiro atoms. The number of carbonyl (C=O) groups is 2. The molecule has 102 valence electrons. The van der Waals surface area contributed by atoms with E-state index in [4.69, 9.17) is 16.7 Å². The summed E-state index contributed by atoms with van der Waals surface area (Å²) >= 11 is 5.65. The van der Waals surface area contributed by atoms with E-state index in [-0.39, 0.29) is 28.6 Å². The zero-order valence-corrected chi connectivity index (χ0v) is 10.9. The summed E-state index contributed by atoms with van der Waals surface area (Å²) in [7, 11) is 0. The average Bonchev–Trinajstić information content (AvgIpc) is 2.84. The Morgan fingerprint density at radius 3 is 2.89 bits per heavy atom. The fraction of sp³-hybridized carbons (Fsp3) is 0.500. The van der Waals surface area contributed by atoms with Gasteiger partial charge < -0.3 is 10.4 Å². The van der Waals surface area contributed by atoms with Crippen LogP contribution in [0.15, 0.2) is 12.4 Å². The molecule has 6 nitrogen and oxygen atoms in total. The molecule has 7 heteroatoms. The van der Waals surface area contributed by atoms with Crippen LogP contribution in [0.5, 0.6) is 0 Å². The van der Waals surface area contributed by atoms with Crippen molar-refractivity contribution in [3.8, 4) is 0 Å². The van der Waals surface area contributed by atoms with E-state index < -0.39 is 5.97 Å². The summed E-state index contributed by atoms with van der Waals surface area (Å²) in [5.41, 5.74) is 0.136. The highest BCUT2D eigenvalue weighted by atomic mass is 35.5. The van der Waals surface area contributed by atoms with Crippen LogP contribution in [0, 0.1) is 11.8 Å². The van der Waals surface area contributed by atoms with Gasteiger partial charge in [0.2, 0.25) is 0 Å². The number of aromatic nitrogens is 2. The Hall–Kier alpha value is -1.69. The highest BCUT2D eigenvalue weighted by Gasteiger charge is 2.32. The maximum Gasteiger partial charge on any atom is 0.306 e. The van der Waals surface area contributed by atoms with Crippen molar-refractivity contribution in [2.75, 3.05) is 6.54 Å². The summed E-state index contributed by atoms with van der Waals surface area (Å²) in [6.07, 6.45) is 5.04. The van der Waals surface area contributed by atoms with Crippen molar-refractivity contribution in [1.82, 2.24) is 15.3 Å². The first-order valence-electron chi connectivity index (χ1n) is 6.06. The highest BCUT2D eigenvalue weighted by Crippen LogP contribution is 2.31. The summed E-state index contributed by atoms with van der Waals surface area (Å²) in [5, 5.41) is 11.9. The Morgan fingerprint density at radius 2 is 2.21 bits per heavy atom.